The van der Waals surface area contributed by atoms with Crippen LogP contribution in [0.1, 0.15) is 19.3 Å². The Kier molecular flexibility index (Phi) is 3.78. The van der Waals surface area contributed by atoms with Crippen LogP contribution < -0.4 is 5.73 Å². The molecule has 86 valence electrons. The Morgan fingerprint density at radius 1 is 1.47 bits per heavy atom. The number of hydrogen-bond donors (Lipinski definition) is 1. The molecule has 1 saturated heterocycles. The number of nitrogens with two attached hydrogens (primary N) is 1. The molecule has 0 spiro atoms. The molecule has 1 aliphatic heterocycles. The highest BCUT2D eigenvalue weighted by atomic mass is 16.5. The van der Waals surface area contributed by atoms with Crippen LogP contribution in [0.25, 0.3) is 0 Å². The average molecular weight is 210 g/mol. The van der Waals surface area contributed by atoms with Gasteiger partial charge in [-0.3, -0.25) is 0 Å². The summed E-state index contributed by atoms with van der Waals surface area (Å²) in [4.78, 5) is 2.52. The highest BCUT2D eigenvalue weighted by Gasteiger charge is 2.23. The second-order valence-electron chi connectivity index (χ2n) is 4.80. The van der Waals surface area contributed by atoms with E-state index >= 15 is 0 Å². The van der Waals surface area contributed by atoms with Crippen LogP contribution >= 0.6 is 0 Å². The van der Waals surface area contributed by atoms with Crippen molar-refractivity contribution in [2.45, 2.75) is 31.4 Å². The van der Waals surface area contributed by atoms with Crippen LogP contribution in [0.15, 0.2) is 12.2 Å². The predicted octanol–water partition coefficient (Wildman–Crippen LogP) is 1.00. The summed E-state index contributed by atoms with van der Waals surface area (Å²) in [5, 5.41) is 0. The van der Waals surface area contributed by atoms with Gasteiger partial charge < -0.3 is 15.4 Å². The molecule has 0 radical (unpaired) electrons. The standard InChI is InChI=1S/C12H22N2O/c1-15-12-3-2-6-14(9-12)8-10-4-5-11(13)7-10/h4-5,10-12H,2-3,6-9,13H2,1H3. The predicted molar refractivity (Wildman–Crippen MR) is 61.7 cm³/mol. The van der Waals surface area contributed by atoms with Gasteiger partial charge in [0.2, 0.25) is 0 Å². The smallest absolute Gasteiger partial charge is 0.0698 e. The molecule has 2 N–H and O–H groups in total. The van der Waals surface area contributed by atoms with Crippen molar-refractivity contribution in [2.24, 2.45) is 11.7 Å². The van der Waals surface area contributed by atoms with E-state index < -0.39 is 0 Å². The lowest BCUT2D eigenvalue weighted by molar-refractivity contribution is 0.0279. The van der Waals surface area contributed by atoms with E-state index in [4.69, 9.17) is 10.5 Å². The van der Waals surface area contributed by atoms with Crippen molar-refractivity contribution in [3.63, 3.8) is 0 Å². The van der Waals surface area contributed by atoms with E-state index in [2.05, 4.69) is 17.1 Å². The molecule has 1 fully saturated rings. The van der Waals surface area contributed by atoms with Gasteiger partial charge >= 0.3 is 0 Å². The quantitative estimate of drug-likeness (QED) is 0.706. The summed E-state index contributed by atoms with van der Waals surface area (Å²) < 4.78 is 5.42. The second-order valence-corrected chi connectivity index (χ2v) is 4.80. The van der Waals surface area contributed by atoms with Crippen molar-refractivity contribution in [1.82, 2.24) is 4.90 Å². The Morgan fingerprint density at radius 2 is 2.33 bits per heavy atom. The number of likely N-dealkylation sites (tertiary alicyclic amines) is 1. The van der Waals surface area contributed by atoms with E-state index in [1.807, 2.05) is 7.11 Å². The molecular weight excluding hydrogens is 188 g/mol. The first kappa shape index (κ1) is 11.1. The largest absolute Gasteiger partial charge is 0.380 e. The Bertz CT molecular complexity index is 230. The molecule has 2 rings (SSSR count). The summed E-state index contributed by atoms with van der Waals surface area (Å²) in [6.07, 6.45) is 8.46. The number of ether oxygens (including phenoxy) is 1. The normalized spacial score (nSPS) is 37.3. The Morgan fingerprint density at radius 3 is 3.00 bits per heavy atom. The molecule has 3 nitrogen and oxygen atoms in total. The average Bonchev–Trinajstić information content (AvgIpc) is 2.64. The van der Waals surface area contributed by atoms with Gasteiger partial charge in [-0.1, -0.05) is 12.2 Å². The van der Waals surface area contributed by atoms with Gasteiger partial charge in [-0.15, -0.1) is 0 Å². The maximum absolute atomic E-state index is 5.85. The van der Waals surface area contributed by atoms with E-state index in [0.717, 1.165) is 19.5 Å². The maximum Gasteiger partial charge on any atom is 0.0698 e. The number of hydrogen-bond acceptors (Lipinski definition) is 3. The molecule has 3 unspecified atom stereocenters. The van der Waals surface area contributed by atoms with Gasteiger partial charge in [0.05, 0.1) is 6.10 Å². The van der Waals surface area contributed by atoms with E-state index in [1.54, 1.807) is 0 Å². The molecule has 0 amide bonds. The minimum Gasteiger partial charge on any atom is -0.380 e. The highest BCUT2D eigenvalue weighted by molar-refractivity contribution is 5.05. The summed E-state index contributed by atoms with van der Waals surface area (Å²) in [6, 6.07) is 0.290. The lowest BCUT2D eigenvalue weighted by atomic mass is 10.0. The first-order valence-corrected chi connectivity index (χ1v) is 5.97. The Hall–Kier alpha value is -0.380. The van der Waals surface area contributed by atoms with Crippen molar-refractivity contribution in [1.29, 1.82) is 0 Å². The number of nitrogens with zero attached hydrogens (tertiary/aromatic N) is 1. The third-order valence-corrected chi connectivity index (χ3v) is 3.49. The molecule has 0 bridgehead atoms. The minimum atomic E-state index is 0.290. The summed E-state index contributed by atoms with van der Waals surface area (Å²) in [5.74, 6) is 0.663. The molecule has 0 aromatic rings. The van der Waals surface area contributed by atoms with Gasteiger partial charge in [-0.05, 0) is 31.7 Å². The van der Waals surface area contributed by atoms with Gasteiger partial charge in [0.15, 0.2) is 0 Å². The van der Waals surface area contributed by atoms with Crippen LogP contribution in [-0.2, 0) is 4.74 Å². The zero-order chi connectivity index (χ0) is 10.7. The van der Waals surface area contributed by atoms with Crippen LogP contribution in [0, 0.1) is 5.92 Å². The maximum atomic E-state index is 5.85. The van der Waals surface area contributed by atoms with E-state index in [-0.39, 0.29) is 6.04 Å². The van der Waals surface area contributed by atoms with Crippen molar-refractivity contribution in [2.75, 3.05) is 26.7 Å². The zero-order valence-electron chi connectivity index (χ0n) is 9.56. The monoisotopic (exact) mass is 210 g/mol. The molecule has 0 aromatic carbocycles. The van der Waals surface area contributed by atoms with Crippen LogP contribution in [0.3, 0.4) is 0 Å². The van der Waals surface area contributed by atoms with E-state index in [9.17, 15) is 0 Å². The lowest BCUT2D eigenvalue weighted by Crippen LogP contribution is -2.41. The van der Waals surface area contributed by atoms with E-state index in [0.29, 0.717) is 12.0 Å². The zero-order valence-corrected chi connectivity index (χ0v) is 9.56. The number of methoxy groups -OCH3 is 1. The second kappa shape index (κ2) is 5.10. The minimum absolute atomic E-state index is 0.290. The molecule has 0 aromatic heterocycles. The van der Waals surface area contributed by atoms with Crippen molar-refractivity contribution >= 4 is 0 Å². The van der Waals surface area contributed by atoms with Crippen molar-refractivity contribution < 1.29 is 4.74 Å². The van der Waals surface area contributed by atoms with Crippen LogP contribution in [0.5, 0.6) is 0 Å². The van der Waals surface area contributed by atoms with Crippen LogP contribution in [0.4, 0.5) is 0 Å². The van der Waals surface area contributed by atoms with Gasteiger partial charge in [0, 0.05) is 26.2 Å². The Labute approximate surface area is 92.3 Å². The van der Waals surface area contributed by atoms with Crippen LogP contribution in [-0.4, -0.2) is 43.8 Å². The first-order chi connectivity index (χ1) is 7.28. The summed E-state index contributed by atoms with van der Waals surface area (Å²) in [6.45, 7) is 3.47. The fourth-order valence-electron chi connectivity index (χ4n) is 2.64. The number of piperidine rings is 1. The molecule has 3 heteroatoms. The van der Waals surface area contributed by atoms with Gasteiger partial charge in [0.25, 0.3) is 0 Å². The summed E-state index contributed by atoms with van der Waals surface area (Å²) >= 11 is 0. The third kappa shape index (κ3) is 3.03. The van der Waals surface area contributed by atoms with Crippen molar-refractivity contribution in [3.05, 3.63) is 12.2 Å². The summed E-state index contributed by atoms with van der Waals surface area (Å²) in [7, 11) is 1.82. The Balaban J connectivity index is 1.77. The molecule has 1 heterocycles. The fraction of sp³-hybridized carbons (Fsp3) is 0.833. The van der Waals surface area contributed by atoms with E-state index in [1.165, 1.54) is 19.4 Å². The first-order valence-electron chi connectivity index (χ1n) is 5.97. The topological polar surface area (TPSA) is 38.5 Å². The third-order valence-electron chi connectivity index (χ3n) is 3.49. The molecule has 15 heavy (non-hydrogen) atoms. The molecule has 1 aliphatic carbocycles. The lowest BCUT2D eigenvalue weighted by Gasteiger charge is -2.33. The molecule has 2 aliphatic rings. The van der Waals surface area contributed by atoms with Gasteiger partial charge in [-0.2, -0.15) is 0 Å². The molecule has 0 saturated carbocycles. The fourth-order valence-corrected chi connectivity index (χ4v) is 2.64. The molecular formula is C12H22N2O. The molecule has 3 atom stereocenters. The van der Waals surface area contributed by atoms with Crippen LogP contribution in [0.2, 0.25) is 0 Å². The summed E-state index contributed by atoms with van der Waals surface area (Å²) in [5.41, 5.74) is 5.85. The van der Waals surface area contributed by atoms with Gasteiger partial charge in [-0.25, -0.2) is 0 Å². The van der Waals surface area contributed by atoms with Crippen molar-refractivity contribution in [3.8, 4) is 0 Å². The SMILES string of the molecule is COC1CCCN(CC2C=CC(N)C2)C1. The van der Waals surface area contributed by atoms with Gasteiger partial charge in [0.1, 0.15) is 0 Å². The highest BCUT2D eigenvalue weighted by Crippen LogP contribution is 2.20. The number of rotatable bonds is 3.